The number of fused-ring (bicyclic) bond motifs is 1. The molecule has 0 radical (unpaired) electrons. The molecule has 0 spiro atoms. The van der Waals surface area contributed by atoms with E-state index in [-0.39, 0.29) is 36.0 Å². The van der Waals surface area contributed by atoms with Crippen LogP contribution in [0.1, 0.15) is 48.6 Å². The van der Waals surface area contributed by atoms with Gasteiger partial charge in [-0.25, -0.2) is 17.8 Å². The fourth-order valence-corrected chi connectivity index (χ4v) is 5.64. The summed E-state index contributed by atoms with van der Waals surface area (Å²) in [7, 11) is -3.84. The molecule has 12 heteroatoms. The number of carbonyl (C=O) groups is 1. The minimum Gasteiger partial charge on any atom is -0.501 e. The van der Waals surface area contributed by atoms with Crippen molar-refractivity contribution < 1.29 is 27.4 Å². The lowest BCUT2D eigenvalue weighted by molar-refractivity contribution is -0.0566. The highest BCUT2D eigenvalue weighted by molar-refractivity contribution is 7.89. The molecule has 0 saturated carbocycles. The van der Waals surface area contributed by atoms with Gasteiger partial charge in [0.05, 0.1) is 18.0 Å². The molecule has 2 N–H and O–H groups in total. The predicted octanol–water partition coefficient (Wildman–Crippen LogP) is 1.07. The molecule has 1 fully saturated rings. The Balaban J connectivity index is 1.58. The second kappa shape index (κ2) is 8.50. The molecule has 0 bridgehead atoms. The molecule has 33 heavy (non-hydrogen) atoms. The predicted molar refractivity (Wildman–Crippen MR) is 115 cm³/mol. The van der Waals surface area contributed by atoms with Crippen molar-refractivity contribution in [2.75, 3.05) is 19.7 Å². The number of hydrogen-bond donors (Lipinski definition) is 2. The van der Waals surface area contributed by atoms with Gasteiger partial charge in [0.25, 0.3) is 11.5 Å². The van der Waals surface area contributed by atoms with E-state index in [1.807, 2.05) is 0 Å². The zero-order chi connectivity index (χ0) is 24.0. The van der Waals surface area contributed by atoms with Crippen LogP contribution in [0.2, 0.25) is 0 Å². The Hall–Kier alpha value is -2.83. The summed E-state index contributed by atoms with van der Waals surface area (Å²) in [6, 6.07) is 3.34. The molecule has 4 rings (SSSR count). The standard InChI is InChI=1S/C21H25FN4O6S/c1-21(2)20-24-16(17(27)19(29)26(20)7-8-32-21)18(28)23-12-13-9-14(22)11-15(10-13)33(30,31)25-5-3-4-6-25/h9-11,27H,3-8,12H2,1-2H3,(H,23,28). The van der Waals surface area contributed by atoms with Crippen LogP contribution in [0.3, 0.4) is 0 Å². The van der Waals surface area contributed by atoms with Gasteiger partial charge in [-0.2, -0.15) is 4.31 Å². The third-order valence-corrected chi connectivity index (χ3v) is 7.64. The number of amides is 1. The maximum atomic E-state index is 14.2. The van der Waals surface area contributed by atoms with Gasteiger partial charge in [0.1, 0.15) is 17.2 Å². The highest BCUT2D eigenvalue weighted by atomic mass is 32.2. The first-order chi connectivity index (χ1) is 15.5. The van der Waals surface area contributed by atoms with Gasteiger partial charge in [-0.3, -0.25) is 14.2 Å². The minimum absolute atomic E-state index is 0.192. The van der Waals surface area contributed by atoms with E-state index in [0.717, 1.165) is 25.0 Å². The second-order valence-corrected chi connectivity index (χ2v) is 10.5. The first-order valence-electron chi connectivity index (χ1n) is 10.6. The number of carbonyl (C=O) groups excluding carboxylic acids is 1. The Labute approximate surface area is 190 Å². The average Bonchev–Trinajstić information content (AvgIpc) is 3.30. The van der Waals surface area contributed by atoms with Crippen molar-refractivity contribution >= 4 is 15.9 Å². The zero-order valence-corrected chi connectivity index (χ0v) is 19.1. The number of benzene rings is 1. The number of halogens is 1. The molecule has 178 valence electrons. The summed E-state index contributed by atoms with van der Waals surface area (Å²) in [6.07, 6.45) is 1.49. The molecule has 3 heterocycles. The summed E-state index contributed by atoms with van der Waals surface area (Å²) < 4.78 is 47.9. The van der Waals surface area contributed by atoms with E-state index in [1.54, 1.807) is 13.8 Å². The van der Waals surface area contributed by atoms with E-state index in [9.17, 15) is 27.5 Å². The lowest BCUT2D eigenvalue weighted by atomic mass is 10.1. The van der Waals surface area contributed by atoms with Gasteiger partial charge in [-0.15, -0.1) is 0 Å². The van der Waals surface area contributed by atoms with E-state index >= 15 is 0 Å². The summed E-state index contributed by atoms with van der Waals surface area (Å²) in [5, 5.41) is 12.7. The van der Waals surface area contributed by atoms with Crippen molar-refractivity contribution in [3.05, 3.63) is 51.5 Å². The Bertz CT molecular complexity index is 1270. The Kier molecular flexibility index (Phi) is 6.01. The zero-order valence-electron chi connectivity index (χ0n) is 18.3. The highest BCUT2D eigenvalue weighted by Gasteiger charge is 2.34. The molecule has 0 unspecified atom stereocenters. The quantitative estimate of drug-likeness (QED) is 0.654. The van der Waals surface area contributed by atoms with Crippen molar-refractivity contribution in [3.8, 4) is 5.75 Å². The molecule has 1 saturated heterocycles. The van der Waals surface area contributed by atoms with Crippen molar-refractivity contribution in [2.45, 2.75) is 50.3 Å². The van der Waals surface area contributed by atoms with Crippen LogP contribution in [0.5, 0.6) is 5.75 Å². The minimum atomic E-state index is -3.84. The van der Waals surface area contributed by atoms with Gasteiger partial charge in [0, 0.05) is 19.6 Å². The third kappa shape index (κ3) is 4.37. The number of rotatable bonds is 5. The lowest BCUT2D eigenvalue weighted by Gasteiger charge is -2.32. The van der Waals surface area contributed by atoms with Crippen LogP contribution in [0, 0.1) is 5.82 Å². The molecule has 0 aliphatic carbocycles. The molecular weight excluding hydrogens is 455 g/mol. The molecule has 2 aliphatic rings. The summed E-state index contributed by atoms with van der Waals surface area (Å²) in [5.41, 5.74) is -1.97. The third-order valence-electron chi connectivity index (χ3n) is 5.76. The van der Waals surface area contributed by atoms with Gasteiger partial charge < -0.3 is 15.2 Å². The number of aromatic hydroxyl groups is 1. The first kappa shape index (κ1) is 23.3. The van der Waals surface area contributed by atoms with Gasteiger partial charge in [-0.1, -0.05) is 0 Å². The summed E-state index contributed by atoms with van der Waals surface area (Å²) in [5.74, 6) is -2.22. The van der Waals surface area contributed by atoms with Crippen molar-refractivity contribution in [3.63, 3.8) is 0 Å². The molecule has 2 aromatic rings. The van der Waals surface area contributed by atoms with Crippen molar-refractivity contribution in [2.24, 2.45) is 0 Å². The molecular formula is C21H25FN4O6S. The summed E-state index contributed by atoms with van der Waals surface area (Å²) in [4.78, 5) is 29.2. The van der Waals surface area contributed by atoms with Crippen LogP contribution >= 0.6 is 0 Å². The second-order valence-electron chi connectivity index (χ2n) is 8.54. The van der Waals surface area contributed by atoms with E-state index in [1.165, 1.54) is 14.9 Å². The SMILES string of the molecule is CC1(C)OCCn2c1nc(C(=O)NCc1cc(F)cc(S(=O)(=O)N3CCCC3)c1)c(O)c2=O. The van der Waals surface area contributed by atoms with Crippen molar-refractivity contribution in [1.82, 2.24) is 19.2 Å². The van der Waals surface area contributed by atoms with E-state index in [4.69, 9.17) is 4.74 Å². The van der Waals surface area contributed by atoms with Crippen LogP contribution in [-0.2, 0) is 33.5 Å². The smallest absolute Gasteiger partial charge is 0.296 e. The number of sulfonamides is 1. The normalized spacial score (nSPS) is 18.2. The van der Waals surface area contributed by atoms with E-state index in [0.29, 0.717) is 13.1 Å². The fraction of sp³-hybridized carbons (Fsp3) is 0.476. The summed E-state index contributed by atoms with van der Waals surface area (Å²) in [6.45, 7) is 4.36. The van der Waals surface area contributed by atoms with Gasteiger partial charge in [0.2, 0.25) is 15.8 Å². The van der Waals surface area contributed by atoms with Crippen molar-refractivity contribution in [1.29, 1.82) is 0 Å². The van der Waals surface area contributed by atoms with Crippen LogP contribution in [0.25, 0.3) is 0 Å². The van der Waals surface area contributed by atoms with Crippen LogP contribution in [-0.4, -0.2) is 53.0 Å². The average molecular weight is 481 g/mol. The molecule has 2 aliphatic heterocycles. The Morgan fingerprint density at radius 2 is 1.94 bits per heavy atom. The molecule has 1 amide bonds. The highest BCUT2D eigenvalue weighted by Crippen LogP contribution is 2.27. The number of aromatic nitrogens is 2. The molecule has 1 aromatic carbocycles. The lowest BCUT2D eigenvalue weighted by Crippen LogP contribution is -2.42. The maximum absolute atomic E-state index is 14.2. The summed E-state index contributed by atoms with van der Waals surface area (Å²) >= 11 is 0. The van der Waals surface area contributed by atoms with E-state index < -0.39 is 44.4 Å². The number of nitrogens with one attached hydrogen (secondary N) is 1. The molecule has 10 nitrogen and oxygen atoms in total. The molecule has 1 aromatic heterocycles. The maximum Gasteiger partial charge on any atom is 0.296 e. The van der Waals surface area contributed by atoms with Gasteiger partial charge >= 0.3 is 0 Å². The monoisotopic (exact) mass is 480 g/mol. The number of ether oxygens (including phenoxy) is 1. The number of hydrogen-bond acceptors (Lipinski definition) is 7. The first-order valence-corrected chi connectivity index (χ1v) is 12.0. The number of nitrogens with zero attached hydrogens (tertiary/aromatic N) is 3. The largest absolute Gasteiger partial charge is 0.501 e. The van der Waals surface area contributed by atoms with E-state index in [2.05, 4.69) is 10.3 Å². The molecule has 0 atom stereocenters. The van der Waals surface area contributed by atoms with Gasteiger partial charge in [0.15, 0.2) is 5.69 Å². The van der Waals surface area contributed by atoms with Crippen LogP contribution in [0.15, 0.2) is 27.9 Å². The Morgan fingerprint density at radius 1 is 1.24 bits per heavy atom. The Morgan fingerprint density at radius 3 is 2.64 bits per heavy atom. The van der Waals surface area contributed by atoms with Crippen LogP contribution < -0.4 is 10.9 Å². The fourth-order valence-electron chi connectivity index (χ4n) is 4.04. The van der Waals surface area contributed by atoms with Gasteiger partial charge in [-0.05, 0) is 50.5 Å². The topological polar surface area (TPSA) is 131 Å². The van der Waals surface area contributed by atoms with Crippen LogP contribution in [0.4, 0.5) is 4.39 Å².